The molecule has 0 radical (unpaired) electrons. The lowest BCUT2D eigenvalue weighted by Gasteiger charge is -2.40. The van der Waals surface area contributed by atoms with Gasteiger partial charge in [0.1, 0.15) is 5.54 Å². The molecule has 0 aliphatic heterocycles. The summed E-state index contributed by atoms with van der Waals surface area (Å²) in [4.78, 5) is 25.6. The molecule has 3 rings (SSSR count). The van der Waals surface area contributed by atoms with Gasteiger partial charge in [-0.25, -0.2) is 5.43 Å². The lowest BCUT2D eigenvalue weighted by Crippen LogP contribution is -2.65. The highest BCUT2D eigenvalue weighted by Crippen LogP contribution is 2.32. The van der Waals surface area contributed by atoms with Crippen LogP contribution < -0.4 is 16.2 Å². The second-order valence-electron chi connectivity index (χ2n) is 8.04. The van der Waals surface area contributed by atoms with Crippen molar-refractivity contribution in [1.82, 2.24) is 16.2 Å². The number of hydrazine groups is 1. The second-order valence-corrected chi connectivity index (χ2v) is 8.04. The second kappa shape index (κ2) is 8.67. The number of carbonyl (C=O) groups excluding carboxylic acids is 2. The fourth-order valence-electron chi connectivity index (χ4n) is 4.34. The van der Waals surface area contributed by atoms with E-state index in [9.17, 15) is 9.59 Å². The molecule has 2 saturated carbocycles. The first kappa shape index (κ1) is 18.9. The smallest absolute Gasteiger partial charge is 0.265 e. The molecule has 0 saturated heterocycles. The van der Waals surface area contributed by atoms with Gasteiger partial charge in [-0.2, -0.15) is 0 Å². The number of benzene rings is 1. The van der Waals surface area contributed by atoms with Gasteiger partial charge in [-0.3, -0.25) is 15.0 Å². The molecule has 2 atom stereocenters. The van der Waals surface area contributed by atoms with Crippen molar-refractivity contribution in [3.05, 3.63) is 35.9 Å². The maximum absolute atomic E-state index is 13.2. The lowest BCUT2D eigenvalue weighted by atomic mass is 9.76. The van der Waals surface area contributed by atoms with Crippen LogP contribution in [0.1, 0.15) is 75.1 Å². The Hall–Kier alpha value is -1.88. The molecular weight excluding hydrogens is 326 g/mol. The number of amides is 2. The molecule has 5 heteroatoms. The van der Waals surface area contributed by atoms with E-state index in [2.05, 4.69) is 23.1 Å². The van der Waals surface area contributed by atoms with Gasteiger partial charge in [0.2, 0.25) is 5.91 Å². The average Bonchev–Trinajstić information content (AvgIpc) is 2.67. The highest BCUT2D eigenvalue weighted by Gasteiger charge is 2.42. The molecule has 5 nitrogen and oxygen atoms in total. The number of rotatable bonds is 5. The Bertz CT molecular complexity index is 613. The Morgan fingerprint density at radius 3 is 2.42 bits per heavy atom. The zero-order chi connectivity index (χ0) is 18.4. The van der Waals surface area contributed by atoms with E-state index in [4.69, 9.17) is 0 Å². The summed E-state index contributed by atoms with van der Waals surface area (Å²) < 4.78 is 0. The van der Waals surface area contributed by atoms with Gasteiger partial charge < -0.3 is 5.32 Å². The quantitative estimate of drug-likeness (QED) is 0.708. The molecule has 0 heterocycles. The standard InChI is InChI=1S/C21H31N3O2/c1-16-9-8-14-21(15-16,20(26)22-18-12-6-3-7-13-18)24-23-19(25)17-10-4-2-5-11-17/h2,4-5,10-11,16,18,24H,3,6-9,12-15H2,1H3,(H,22,26)(H,23,25)/t16-,21-/m0/s1. The van der Waals surface area contributed by atoms with E-state index < -0.39 is 5.54 Å². The third-order valence-corrected chi connectivity index (χ3v) is 5.82. The minimum atomic E-state index is -0.709. The molecule has 142 valence electrons. The highest BCUT2D eigenvalue weighted by molar-refractivity contribution is 5.94. The predicted octanol–water partition coefficient (Wildman–Crippen LogP) is 3.32. The van der Waals surface area contributed by atoms with Gasteiger partial charge in [0.05, 0.1) is 0 Å². The van der Waals surface area contributed by atoms with Crippen molar-refractivity contribution in [3.63, 3.8) is 0 Å². The topological polar surface area (TPSA) is 70.2 Å². The molecule has 2 aliphatic carbocycles. The van der Waals surface area contributed by atoms with Crippen LogP contribution in [-0.2, 0) is 4.79 Å². The van der Waals surface area contributed by atoms with Crippen LogP contribution in [0.5, 0.6) is 0 Å². The Morgan fingerprint density at radius 2 is 1.73 bits per heavy atom. The van der Waals surface area contributed by atoms with E-state index in [1.54, 1.807) is 12.1 Å². The van der Waals surface area contributed by atoms with Gasteiger partial charge in [0.25, 0.3) is 5.91 Å². The molecule has 0 unspecified atom stereocenters. The van der Waals surface area contributed by atoms with E-state index in [1.807, 2.05) is 18.2 Å². The first-order valence-corrected chi connectivity index (χ1v) is 10.0. The largest absolute Gasteiger partial charge is 0.352 e. The fraction of sp³-hybridized carbons (Fsp3) is 0.619. The number of nitrogens with one attached hydrogen (secondary N) is 3. The van der Waals surface area contributed by atoms with Crippen molar-refractivity contribution in [3.8, 4) is 0 Å². The summed E-state index contributed by atoms with van der Waals surface area (Å²) >= 11 is 0. The van der Waals surface area contributed by atoms with E-state index in [0.29, 0.717) is 11.5 Å². The minimum absolute atomic E-state index is 0.0457. The predicted molar refractivity (Wildman–Crippen MR) is 102 cm³/mol. The average molecular weight is 357 g/mol. The van der Waals surface area contributed by atoms with Gasteiger partial charge >= 0.3 is 0 Å². The number of carbonyl (C=O) groups is 2. The van der Waals surface area contributed by atoms with Gasteiger partial charge in [-0.05, 0) is 43.7 Å². The molecule has 2 amide bonds. The summed E-state index contributed by atoms with van der Waals surface area (Å²) in [5, 5.41) is 3.26. The summed E-state index contributed by atoms with van der Waals surface area (Å²) in [5.74, 6) is 0.306. The minimum Gasteiger partial charge on any atom is -0.352 e. The Kier molecular flexibility index (Phi) is 6.30. The van der Waals surface area contributed by atoms with Crippen LogP contribution in [0.2, 0.25) is 0 Å². The lowest BCUT2D eigenvalue weighted by molar-refractivity contribution is -0.131. The van der Waals surface area contributed by atoms with E-state index in [0.717, 1.165) is 38.5 Å². The van der Waals surface area contributed by atoms with E-state index in [-0.39, 0.29) is 17.9 Å². The molecule has 1 aromatic carbocycles. The molecule has 26 heavy (non-hydrogen) atoms. The van der Waals surface area contributed by atoms with E-state index in [1.165, 1.54) is 19.3 Å². The van der Waals surface area contributed by atoms with Crippen molar-refractivity contribution >= 4 is 11.8 Å². The van der Waals surface area contributed by atoms with Gasteiger partial charge in [-0.1, -0.05) is 57.2 Å². The molecule has 0 bridgehead atoms. The summed E-state index contributed by atoms with van der Waals surface area (Å²) in [6, 6.07) is 9.38. The van der Waals surface area contributed by atoms with Crippen LogP contribution in [0.4, 0.5) is 0 Å². The molecular formula is C21H31N3O2. The normalized spacial score (nSPS) is 26.9. The summed E-state index contributed by atoms with van der Waals surface area (Å²) in [7, 11) is 0. The van der Waals surface area contributed by atoms with Crippen molar-refractivity contribution in [2.75, 3.05) is 0 Å². The first-order valence-electron chi connectivity index (χ1n) is 10.0. The van der Waals surface area contributed by atoms with Crippen molar-refractivity contribution in [2.45, 2.75) is 76.3 Å². The third-order valence-electron chi connectivity index (χ3n) is 5.82. The molecule has 2 fully saturated rings. The van der Waals surface area contributed by atoms with Crippen molar-refractivity contribution < 1.29 is 9.59 Å². The first-order chi connectivity index (χ1) is 12.6. The van der Waals surface area contributed by atoms with Crippen molar-refractivity contribution in [2.24, 2.45) is 5.92 Å². The third kappa shape index (κ3) is 4.64. The van der Waals surface area contributed by atoms with Gasteiger partial charge in [0.15, 0.2) is 0 Å². The van der Waals surface area contributed by atoms with E-state index >= 15 is 0 Å². The van der Waals surface area contributed by atoms with Gasteiger partial charge in [0, 0.05) is 11.6 Å². The van der Waals surface area contributed by atoms with Crippen LogP contribution >= 0.6 is 0 Å². The maximum atomic E-state index is 13.2. The Labute approximate surface area is 156 Å². The van der Waals surface area contributed by atoms with Crippen LogP contribution in [0.25, 0.3) is 0 Å². The van der Waals surface area contributed by atoms with Crippen LogP contribution in [0.15, 0.2) is 30.3 Å². The summed E-state index contributed by atoms with van der Waals surface area (Å²) in [6.07, 6.45) is 9.40. The summed E-state index contributed by atoms with van der Waals surface area (Å²) in [5.41, 5.74) is 5.82. The van der Waals surface area contributed by atoms with Crippen molar-refractivity contribution in [1.29, 1.82) is 0 Å². The Balaban J connectivity index is 1.67. The molecule has 2 aliphatic rings. The fourth-order valence-corrected chi connectivity index (χ4v) is 4.34. The SMILES string of the molecule is C[C@H]1CCC[C@@](NNC(=O)c2ccccc2)(C(=O)NC2CCCCC2)C1. The number of hydrogen-bond donors (Lipinski definition) is 3. The number of hydrogen-bond acceptors (Lipinski definition) is 3. The van der Waals surface area contributed by atoms with Crippen LogP contribution in [-0.4, -0.2) is 23.4 Å². The molecule has 3 N–H and O–H groups in total. The monoisotopic (exact) mass is 357 g/mol. The zero-order valence-electron chi connectivity index (χ0n) is 15.7. The Morgan fingerprint density at radius 1 is 1.00 bits per heavy atom. The van der Waals surface area contributed by atoms with Crippen LogP contribution in [0.3, 0.4) is 0 Å². The maximum Gasteiger partial charge on any atom is 0.265 e. The highest BCUT2D eigenvalue weighted by atomic mass is 16.2. The summed E-state index contributed by atoms with van der Waals surface area (Å²) in [6.45, 7) is 2.18. The van der Waals surface area contributed by atoms with Crippen LogP contribution in [0, 0.1) is 5.92 Å². The molecule has 1 aromatic rings. The molecule has 0 spiro atoms. The van der Waals surface area contributed by atoms with Gasteiger partial charge in [-0.15, -0.1) is 0 Å². The molecule has 0 aromatic heterocycles. The zero-order valence-corrected chi connectivity index (χ0v) is 15.7.